The van der Waals surface area contributed by atoms with Gasteiger partial charge in [0.25, 0.3) is 0 Å². The third kappa shape index (κ3) is 4.41. The monoisotopic (exact) mass is 360 g/mol. The largest absolute Gasteiger partial charge is 0.338 e. The predicted octanol–water partition coefficient (Wildman–Crippen LogP) is 3.14. The molecule has 3 rings (SSSR count). The second kappa shape index (κ2) is 8.02. The van der Waals surface area contributed by atoms with Crippen molar-refractivity contribution in [3.63, 3.8) is 0 Å². The molecule has 1 saturated heterocycles. The first kappa shape index (κ1) is 18.0. The number of halogens is 1. The lowest BCUT2D eigenvalue weighted by Gasteiger charge is -2.36. The van der Waals surface area contributed by atoms with Crippen LogP contribution in [0.3, 0.4) is 0 Å². The number of hydrogen-bond acceptors (Lipinski definition) is 3. The minimum atomic E-state index is -0.267. The van der Waals surface area contributed by atoms with Crippen LogP contribution in [0.1, 0.15) is 30.5 Å². The molecule has 1 amide bonds. The standard InChI is InChI=1S/C19H25ClN4O/c1-3-18(24-14-17(20)12-21-24)19(25)23-10-8-22(9-11-23)13-16-6-4-15(2)5-7-16/h4-7,12,14,18H,3,8-11,13H2,1-2H3. The number of amides is 1. The van der Waals surface area contributed by atoms with E-state index in [1.165, 1.54) is 11.1 Å². The van der Waals surface area contributed by atoms with Crippen molar-refractivity contribution in [3.8, 4) is 0 Å². The summed E-state index contributed by atoms with van der Waals surface area (Å²) in [5.74, 6) is 0.136. The number of rotatable bonds is 5. The van der Waals surface area contributed by atoms with E-state index in [-0.39, 0.29) is 11.9 Å². The van der Waals surface area contributed by atoms with Gasteiger partial charge in [-0.2, -0.15) is 5.10 Å². The molecule has 0 aliphatic carbocycles. The van der Waals surface area contributed by atoms with Gasteiger partial charge in [-0.1, -0.05) is 48.4 Å². The van der Waals surface area contributed by atoms with E-state index in [1.807, 2.05) is 11.8 Å². The quantitative estimate of drug-likeness (QED) is 0.822. The van der Waals surface area contributed by atoms with E-state index < -0.39 is 0 Å². The van der Waals surface area contributed by atoms with Crippen LogP contribution in [-0.2, 0) is 11.3 Å². The fourth-order valence-corrected chi connectivity index (χ4v) is 3.39. The lowest BCUT2D eigenvalue weighted by molar-refractivity contribution is -0.137. The van der Waals surface area contributed by atoms with Crippen LogP contribution in [0.15, 0.2) is 36.7 Å². The molecular weight excluding hydrogens is 336 g/mol. The van der Waals surface area contributed by atoms with Crippen LogP contribution in [0.5, 0.6) is 0 Å². The SMILES string of the molecule is CCC(C(=O)N1CCN(Cc2ccc(C)cc2)CC1)n1cc(Cl)cn1. The molecule has 1 aliphatic heterocycles. The Morgan fingerprint density at radius 2 is 1.88 bits per heavy atom. The van der Waals surface area contributed by atoms with Crippen molar-refractivity contribution in [1.82, 2.24) is 19.6 Å². The second-order valence-electron chi connectivity index (χ2n) is 6.65. The zero-order valence-electron chi connectivity index (χ0n) is 14.9. The summed E-state index contributed by atoms with van der Waals surface area (Å²) < 4.78 is 1.68. The van der Waals surface area contributed by atoms with Gasteiger partial charge < -0.3 is 4.90 Å². The molecule has 6 heteroatoms. The molecule has 0 spiro atoms. The van der Waals surface area contributed by atoms with Gasteiger partial charge in [0.2, 0.25) is 5.91 Å². The fraction of sp³-hybridized carbons (Fsp3) is 0.474. The van der Waals surface area contributed by atoms with Crippen molar-refractivity contribution in [2.24, 2.45) is 0 Å². The second-order valence-corrected chi connectivity index (χ2v) is 7.09. The van der Waals surface area contributed by atoms with Gasteiger partial charge in [0.1, 0.15) is 6.04 Å². The van der Waals surface area contributed by atoms with Crippen molar-refractivity contribution in [2.75, 3.05) is 26.2 Å². The third-order valence-electron chi connectivity index (χ3n) is 4.77. The van der Waals surface area contributed by atoms with E-state index in [0.29, 0.717) is 11.4 Å². The van der Waals surface area contributed by atoms with Crippen LogP contribution >= 0.6 is 11.6 Å². The first-order chi connectivity index (χ1) is 12.1. The molecule has 0 N–H and O–H groups in total. The van der Waals surface area contributed by atoms with Gasteiger partial charge in [-0.3, -0.25) is 14.4 Å². The van der Waals surface area contributed by atoms with Gasteiger partial charge in [0, 0.05) is 38.9 Å². The number of carbonyl (C=O) groups is 1. The number of aryl methyl sites for hydroxylation is 1. The maximum absolute atomic E-state index is 12.8. The molecule has 1 atom stereocenters. The maximum Gasteiger partial charge on any atom is 0.247 e. The van der Waals surface area contributed by atoms with Crippen LogP contribution in [0, 0.1) is 6.92 Å². The normalized spacial score (nSPS) is 16.8. The third-order valence-corrected chi connectivity index (χ3v) is 4.97. The Bertz CT molecular complexity index is 704. The minimum Gasteiger partial charge on any atom is -0.338 e. The molecule has 1 aromatic heterocycles. The first-order valence-corrected chi connectivity index (χ1v) is 9.21. The smallest absolute Gasteiger partial charge is 0.247 e. The van der Waals surface area contributed by atoms with E-state index >= 15 is 0 Å². The number of carbonyl (C=O) groups excluding carboxylic acids is 1. The van der Waals surface area contributed by atoms with Gasteiger partial charge in [0.15, 0.2) is 0 Å². The zero-order chi connectivity index (χ0) is 17.8. The summed E-state index contributed by atoms with van der Waals surface area (Å²) in [6.45, 7) is 8.36. The van der Waals surface area contributed by atoms with Crippen LogP contribution in [0.2, 0.25) is 5.02 Å². The molecule has 0 bridgehead atoms. The summed E-state index contributed by atoms with van der Waals surface area (Å²) in [6.07, 6.45) is 4.01. The molecule has 1 aliphatic rings. The molecular formula is C19H25ClN4O. The Morgan fingerprint density at radius 3 is 2.44 bits per heavy atom. The number of hydrogen-bond donors (Lipinski definition) is 0. The first-order valence-electron chi connectivity index (χ1n) is 8.83. The van der Waals surface area contributed by atoms with Crippen LogP contribution in [-0.4, -0.2) is 51.7 Å². The highest BCUT2D eigenvalue weighted by atomic mass is 35.5. The Labute approximate surface area is 154 Å². The van der Waals surface area contributed by atoms with E-state index in [2.05, 4.69) is 41.2 Å². The fourth-order valence-electron chi connectivity index (χ4n) is 3.25. The van der Waals surface area contributed by atoms with Gasteiger partial charge in [-0.15, -0.1) is 0 Å². The number of nitrogens with zero attached hydrogens (tertiary/aromatic N) is 4. The molecule has 25 heavy (non-hydrogen) atoms. The Hall–Kier alpha value is -1.85. The highest BCUT2D eigenvalue weighted by molar-refractivity contribution is 6.30. The number of benzene rings is 1. The molecule has 0 radical (unpaired) electrons. The summed E-state index contributed by atoms with van der Waals surface area (Å²) in [4.78, 5) is 17.2. The van der Waals surface area contributed by atoms with Crippen LogP contribution < -0.4 is 0 Å². The van der Waals surface area contributed by atoms with Crippen LogP contribution in [0.25, 0.3) is 0 Å². The van der Waals surface area contributed by atoms with Crippen molar-refractivity contribution in [3.05, 3.63) is 52.8 Å². The molecule has 2 heterocycles. The maximum atomic E-state index is 12.8. The van der Waals surface area contributed by atoms with E-state index in [4.69, 9.17) is 11.6 Å². The summed E-state index contributed by atoms with van der Waals surface area (Å²) >= 11 is 5.94. The summed E-state index contributed by atoms with van der Waals surface area (Å²) in [6, 6.07) is 8.39. The highest BCUT2D eigenvalue weighted by Gasteiger charge is 2.28. The number of piperazine rings is 1. The van der Waals surface area contributed by atoms with E-state index in [9.17, 15) is 4.79 Å². The topological polar surface area (TPSA) is 41.4 Å². The van der Waals surface area contributed by atoms with Gasteiger partial charge in [-0.25, -0.2) is 0 Å². The molecule has 0 saturated carbocycles. The predicted molar refractivity (Wildman–Crippen MR) is 99.6 cm³/mol. The van der Waals surface area contributed by atoms with Crippen LogP contribution in [0.4, 0.5) is 0 Å². The van der Waals surface area contributed by atoms with Gasteiger partial charge in [-0.05, 0) is 18.9 Å². The average molecular weight is 361 g/mol. The highest BCUT2D eigenvalue weighted by Crippen LogP contribution is 2.19. The summed E-state index contributed by atoms with van der Waals surface area (Å²) in [5.41, 5.74) is 2.60. The Morgan fingerprint density at radius 1 is 1.20 bits per heavy atom. The zero-order valence-corrected chi connectivity index (χ0v) is 15.6. The van der Waals surface area contributed by atoms with E-state index in [0.717, 1.165) is 32.7 Å². The Kier molecular flexibility index (Phi) is 5.76. The van der Waals surface area contributed by atoms with Crippen molar-refractivity contribution in [2.45, 2.75) is 32.9 Å². The van der Waals surface area contributed by atoms with Gasteiger partial charge in [0.05, 0.1) is 11.2 Å². The molecule has 1 unspecified atom stereocenters. The van der Waals surface area contributed by atoms with Crippen molar-refractivity contribution >= 4 is 17.5 Å². The average Bonchev–Trinajstić information content (AvgIpc) is 3.04. The lowest BCUT2D eigenvalue weighted by atomic mass is 10.1. The molecule has 5 nitrogen and oxygen atoms in total. The molecule has 134 valence electrons. The van der Waals surface area contributed by atoms with Gasteiger partial charge >= 0.3 is 0 Å². The molecule has 1 fully saturated rings. The van der Waals surface area contributed by atoms with E-state index in [1.54, 1.807) is 17.1 Å². The van der Waals surface area contributed by atoms with Crippen molar-refractivity contribution < 1.29 is 4.79 Å². The number of aromatic nitrogens is 2. The molecule has 1 aromatic carbocycles. The summed E-state index contributed by atoms with van der Waals surface area (Å²) in [5, 5.41) is 4.77. The minimum absolute atomic E-state index is 0.136. The Balaban J connectivity index is 1.55. The lowest BCUT2D eigenvalue weighted by Crippen LogP contribution is -2.50. The summed E-state index contributed by atoms with van der Waals surface area (Å²) in [7, 11) is 0. The van der Waals surface area contributed by atoms with Crippen molar-refractivity contribution in [1.29, 1.82) is 0 Å². The molecule has 2 aromatic rings.